The van der Waals surface area contributed by atoms with Gasteiger partial charge in [-0.05, 0) is 64.5 Å². The van der Waals surface area contributed by atoms with E-state index in [0.717, 1.165) is 24.0 Å². The Bertz CT molecular complexity index is 1250. The van der Waals surface area contributed by atoms with E-state index in [-0.39, 0.29) is 49.6 Å². The SMILES string of the molecule is CC(C)(CCC(=O)c1ccc(C(=O)CCC(C)(C)C(=O)OCc2ccccc2)cc1)C(=O)OCC1=CCCC=C1. The van der Waals surface area contributed by atoms with Crippen LogP contribution in [0.1, 0.15) is 92.5 Å². The van der Waals surface area contributed by atoms with Gasteiger partial charge in [0, 0.05) is 24.0 Å². The van der Waals surface area contributed by atoms with Gasteiger partial charge in [0.25, 0.3) is 0 Å². The number of hydrogen-bond acceptors (Lipinski definition) is 6. The summed E-state index contributed by atoms with van der Waals surface area (Å²) in [6.45, 7) is 7.56. The van der Waals surface area contributed by atoms with E-state index in [2.05, 4.69) is 12.2 Å². The number of allylic oxidation sites excluding steroid dienone is 2. The first-order valence-corrected chi connectivity index (χ1v) is 13.9. The largest absolute Gasteiger partial charge is 0.460 e. The normalized spacial score (nSPS) is 13.3. The molecule has 2 aromatic rings. The Kier molecular flexibility index (Phi) is 10.8. The zero-order valence-corrected chi connectivity index (χ0v) is 24.0. The number of ether oxygens (including phenoxy) is 2. The minimum absolute atomic E-state index is 0.0971. The number of benzene rings is 2. The van der Waals surface area contributed by atoms with Crippen molar-refractivity contribution in [2.75, 3.05) is 6.61 Å². The van der Waals surface area contributed by atoms with Gasteiger partial charge in [-0.15, -0.1) is 0 Å². The predicted molar refractivity (Wildman–Crippen MR) is 155 cm³/mol. The first-order valence-electron chi connectivity index (χ1n) is 13.9. The molecule has 0 amide bonds. The molecule has 212 valence electrons. The smallest absolute Gasteiger partial charge is 0.311 e. The molecule has 0 N–H and O–H groups in total. The van der Waals surface area contributed by atoms with Gasteiger partial charge in [-0.25, -0.2) is 0 Å². The molecule has 0 spiro atoms. The molecule has 40 heavy (non-hydrogen) atoms. The van der Waals surface area contributed by atoms with Gasteiger partial charge in [0.1, 0.15) is 13.2 Å². The molecule has 6 heteroatoms. The summed E-state index contributed by atoms with van der Waals surface area (Å²) in [6.07, 6.45) is 9.15. The van der Waals surface area contributed by atoms with Gasteiger partial charge in [-0.1, -0.05) is 72.8 Å². The maximum absolute atomic E-state index is 12.8. The molecule has 6 nitrogen and oxygen atoms in total. The molecule has 1 aliphatic rings. The number of esters is 2. The fourth-order valence-electron chi connectivity index (χ4n) is 4.22. The molecule has 0 radical (unpaired) electrons. The van der Waals surface area contributed by atoms with E-state index < -0.39 is 10.8 Å². The van der Waals surface area contributed by atoms with Crippen LogP contribution in [0.15, 0.2) is 78.4 Å². The van der Waals surface area contributed by atoms with Crippen LogP contribution < -0.4 is 0 Å². The topological polar surface area (TPSA) is 86.7 Å². The first-order chi connectivity index (χ1) is 19.0. The fourth-order valence-corrected chi connectivity index (χ4v) is 4.22. The summed E-state index contributed by atoms with van der Waals surface area (Å²) < 4.78 is 10.9. The van der Waals surface area contributed by atoms with Crippen LogP contribution in [-0.4, -0.2) is 30.1 Å². The lowest BCUT2D eigenvalue weighted by Crippen LogP contribution is -2.28. The van der Waals surface area contributed by atoms with Gasteiger partial charge in [0.15, 0.2) is 11.6 Å². The Balaban J connectivity index is 1.44. The zero-order valence-electron chi connectivity index (χ0n) is 24.0. The molecular formula is C34H40O6. The van der Waals surface area contributed by atoms with E-state index in [1.165, 1.54) is 0 Å². The summed E-state index contributed by atoms with van der Waals surface area (Å²) in [6, 6.07) is 16.0. The van der Waals surface area contributed by atoms with Crippen molar-refractivity contribution in [2.45, 2.75) is 72.8 Å². The summed E-state index contributed by atoms with van der Waals surface area (Å²) in [5.74, 6) is -0.873. The Morgan fingerprint density at radius 2 is 1.18 bits per heavy atom. The standard InChI is InChI=1S/C34H40O6/c1-33(2,31(37)39-23-25-11-7-5-8-12-25)21-19-29(35)27-15-17-28(18-16-27)30(36)20-22-34(3,4)32(38)40-24-26-13-9-6-10-14-26/h5,7-9,11-18H,6,10,19-24H2,1-4H3. The third-order valence-electron chi connectivity index (χ3n) is 7.24. The van der Waals surface area contributed by atoms with Crippen LogP contribution in [0.5, 0.6) is 0 Å². The van der Waals surface area contributed by atoms with E-state index in [4.69, 9.17) is 9.47 Å². The van der Waals surface area contributed by atoms with E-state index in [0.29, 0.717) is 24.0 Å². The Hall–Kier alpha value is -3.80. The molecule has 0 heterocycles. The van der Waals surface area contributed by atoms with Crippen molar-refractivity contribution >= 4 is 23.5 Å². The van der Waals surface area contributed by atoms with Crippen LogP contribution in [0.25, 0.3) is 0 Å². The van der Waals surface area contributed by atoms with Crippen LogP contribution in [0.3, 0.4) is 0 Å². The molecule has 1 aliphatic carbocycles. The van der Waals surface area contributed by atoms with E-state index in [9.17, 15) is 19.2 Å². The number of hydrogen-bond donors (Lipinski definition) is 0. The zero-order chi connectivity index (χ0) is 29.2. The summed E-state index contributed by atoms with van der Waals surface area (Å²) in [4.78, 5) is 50.8. The van der Waals surface area contributed by atoms with Gasteiger partial charge in [-0.3, -0.25) is 19.2 Å². The number of Topliss-reactive ketones (excluding diaryl/α,β-unsaturated/α-hetero) is 2. The summed E-state index contributed by atoms with van der Waals surface area (Å²) in [5.41, 5.74) is 1.28. The van der Waals surface area contributed by atoms with Crippen molar-refractivity contribution in [2.24, 2.45) is 10.8 Å². The van der Waals surface area contributed by atoms with Crippen LogP contribution in [0, 0.1) is 10.8 Å². The van der Waals surface area contributed by atoms with Crippen LogP contribution in [0.2, 0.25) is 0 Å². The third-order valence-corrected chi connectivity index (χ3v) is 7.24. The molecule has 0 unspecified atom stereocenters. The monoisotopic (exact) mass is 544 g/mol. The minimum atomic E-state index is -0.807. The van der Waals surface area contributed by atoms with E-state index in [1.807, 2.05) is 36.4 Å². The average Bonchev–Trinajstić information content (AvgIpc) is 2.97. The highest BCUT2D eigenvalue weighted by molar-refractivity contribution is 5.99. The lowest BCUT2D eigenvalue weighted by atomic mass is 9.85. The second kappa shape index (κ2) is 14.0. The molecule has 3 rings (SSSR count). The maximum Gasteiger partial charge on any atom is 0.311 e. The molecule has 0 saturated carbocycles. The molecule has 0 aromatic heterocycles. The fraction of sp³-hybridized carbons (Fsp3) is 0.412. The average molecular weight is 545 g/mol. The first kappa shape index (κ1) is 30.7. The minimum Gasteiger partial charge on any atom is -0.460 e. The van der Waals surface area contributed by atoms with Crippen molar-refractivity contribution in [1.29, 1.82) is 0 Å². The Morgan fingerprint density at radius 1 is 0.675 bits per heavy atom. The lowest BCUT2D eigenvalue weighted by molar-refractivity contribution is -0.155. The van der Waals surface area contributed by atoms with Gasteiger partial charge >= 0.3 is 11.9 Å². The molecular weight excluding hydrogens is 504 g/mol. The number of carbonyl (C=O) groups is 4. The van der Waals surface area contributed by atoms with Gasteiger partial charge in [0.2, 0.25) is 0 Å². The quantitative estimate of drug-likeness (QED) is 0.184. The van der Waals surface area contributed by atoms with Gasteiger partial charge in [-0.2, -0.15) is 0 Å². The lowest BCUT2D eigenvalue weighted by Gasteiger charge is -2.22. The third kappa shape index (κ3) is 9.15. The second-order valence-electron chi connectivity index (χ2n) is 11.6. The number of ketones is 2. The van der Waals surface area contributed by atoms with E-state index in [1.54, 1.807) is 52.0 Å². The summed E-state index contributed by atoms with van der Waals surface area (Å²) >= 11 is 0. The molecule has 0 bridgehead atoms. The van der Waals surface area contributed by atoms with Crippen molar-refractivity contribution in [3.63, 3.8) is 0 Å². The molecule has 0 fully saturated rings. The highest BCUT2D eigenvalue weighted by Gasteiger charge is 2.31. The van der Waals surface area contributed by atoms with Crippen LogP contribution in [0.4, 0.5) is 0 Å². The van der Waals surface area contributed by atoms with Crippen molar-refractivity contribution in [1.82, 2.24) is 0 Å². The molecule has 0 aliphatic heterocycles. The summed E-state index contributed by atoms with van der Waals surface area (Å²) in [5, 5.41) is 0. The Labute approximate surface area is 237 Å². The molecule has 2 aromatic carbocycles. The number of carbonyl (C=O) groups excluding carboxylic acids is 4. The highest BCUT2D eigenvalue weighted by Crippen LogP contribution is 2.28. The predicted octanol–water partition coefficient (Wildman–Crippen LogP) is 7.23. The van der Waals surface area contributed by atoms with Gasteiger partial charge in [0.05, 0.1) is 10.8 Å². The maximum atomic E-state index is 12.8. The Morgan fingerprint density at radius 3 is 1.65 bits per heavy atom. The molecule has 0 atom stereocenters. The van der Waals surface area contributed by atoms with Crippen LogP contribution in [-0.2, 0) is 25.7 Å². The van der Waals surface area contributed by atoms with E-state index >= 15 is 0 Å². The second-order valence-corrected chi connectivity index (χ2v) is 11.6. The van der Waals surface area contributed by atoms with Crippen molar-refractivity contribution in [3.8, 4) is 0 Å². The summed E-state index contributed by atoms with van der Waals surface area (Å²) in [7, 11) is 0. The van der Waals surface area contributed by atoms with Gasteiger partial charge < -0.3 is 9.47 Å². The van der Waals surface area contributed by atoms with Crippen LogP contribution >= 0.6 is 0 Å². The highest BCUT2D eigenvalue weighted by atomic mass is 16.5. The van der Waals surface area contributed by atoms with Crippen molar-refractivity contribution < 1.29 is 28.7 Å². The molecule has 0 saturated heterocycles. The number of rotatable bonds is 14. The van der Waals surface area contributed by atoms with Crippen molar-refractivity contribution in [3.05, 3.63) is 95.1 Å².